The molecule has 0 fully saturated rings. The van der Waals surface area contributed by atoms with Gasteiger partial charge in [0.2, 0.25) is 0 Å². The molecule has 5 nitrogen and oxygen atoms in total. The smallest absolute Gasteiger partial charge is 0.134 e. The third-order valence-electron chi connectivity index (χ3n) is 5.55. The first-order chi connectivity index (χ1) is 13.7. The van der Waals surface area contributed by atoms with Gasteiger partial charge in [-0.1, -0.05) is 24.3 Å². The van der Waals surface area contributed by atoms with Crippen molar-refractivity contribution >= 4 is 11.0 Å². The van der Waals surface area contributed by atoms with E-state index >= 15 is 0 Å². The van der Waals surface area contributed by atoms with Crippen molar-refractivity contribution in [3.63, 3.8) is 0 Å². The third-order valence-corrected chi connectivity index (χ3v) is 5.55. The van der Waals surface area contributed by atoms with Crippen molar-refractivity contribution in [2.75, 3.05) is 20.7 Å². The number of hydrogen-bond donors (Lipinski definition) is 0. The first-order valence-electron chi connectivity index (χ1n) is 9.35. The Hall–Kier alpha value is -3.18. The topological polar surface area (TPSA) is 51.4 Å². The van der Waals surface area contributed by atoms with Gasteiger partial charge in [0, 0.05) is 53.5 Å². The number of fused-ring (bicyclic) bond motifs is 2. The molecular formula is C23H21N3O2. The number of aromatic nitrogens is 2. The third kappa shape index (κ3) is 2.75. The van der Waals surface area contributed by atoms with E-state index in [1.54, 1.807) is 19.7 Å². The van der Waals surface area contributed by atoms with Gasteiger partial charge in [-0.15, -0.1) is 0 Å². The number of furan rings is 1. The van der Waals surface area contributed by atoms with Crippen LogP contribution in [0.1, 0.15) is 22.6 Å². The van der Waals surface area contributed by atoms with Crippen LogP contribution in [-0.2, 0) is 6.54 Å². The Labute approximate surface area is 163 Å². The molecule has 1 atom stereocenters. The molecule has 0 N–H and O–H groups in total. The fourth-order valence-electron chi connectivity index (χ4n) is 4.25. The summed E-state index contributed by atoms with van der Waals surface area (Å²) in [5, 5.41) is 1.13. The summed E-state index contributed by atoms with van der Waals surface area (Å²) in [6, 6.07) is 12.8. The molecule has 2 aromatic carbocycles. The van der Waals surface area contributed by atoms with Crippen LogP contribution in [0.5, 0.6) is 5.75 Å². The summed E-state index contributed by atoms with van der Waals surface area (Å²) in [6.07, 6.45) is 6.94. The first kappa shape index (κ1) is 17.0. The van der Waals surface area contributed by atoms with E-state index in [4.69, 9.17) is 9.15 Å². The molecular weight excluding hydrogens is 350 g/mol. The van der Waals surface area contributed by atoms with Gasteiger partial charge in [-0.05, 0) is 30.3 Å². The maximum Gasteiger partial charge on any atom is 0.134 e. The highest BCUT2D eigenvalue weighted by Crippen LogP contribution is 2.42. The number of methoxy groups -OCH3 is 1. The standard InChI is InChI=1S/C23H21N3O2/c1-26-12-20(16-4-3-15-7-8-28-22(15)9-16)19-6-5-18(17-10-24-14-25-11-17)23(27-2)21(19)13-26/h3-11,14,20H,12-13H2,1-2H3. The van der Waals surface area contributed by atoms with E-state index in [1.165, 1.54) is 16.7 Å². The highest BCUT2D eigenvalue weighted by molar-refractivity contribution is 5.78. The van der Waals surface area contributed by atoms with Crippen LogP contribution >= 0.6 is 0 Å². The molecule has 1 unspecified atom stereocenters. The summed E-state index contributed by atoms with van der Waals surface area (Å²) in [5.41, 5.74) is 6.70. The minimum Gasteiger partial charge on any atom is -0.496 e. The van der Waals surface area contributed by atoms with Crippen molar-refractivity contribution in [3.8, 4) is 16.9 Å². The molecule has 1 aliphatic heterocycles. The van der Waals surface area contributed by atoms with Crippen molar-refractivity contribution in [2.24, 2.45) is 0 Å². The quantitative estimate of drug-likeness (QED) is 0.532. The SMILES string of the molecule is COc1c(-c2cncnc2)ccc2c1CN(C)CC2c1ccc2ccoc2c1. The van der Waals surface area contributed by atoms with E-state index in [1.807, 2.05) is 18.5 Å². The lowest BCUT2D eigenvalue weighted by Gasteiger charge is -2.34. The van der Waals surface area contributed by atoms with Crippen molar-refractivity contribution in [3.05, 3.63) is 78.1 Å². The van der Waals surface area contributed by atoms with Gasteiger partial charge in [-0.2, -0.15) is 0 Å². The second kappa shape index (κ2) is 6.77. The molecule has 0 amide bonds. The molecule has 0 saturated carbocycles. The first-order valence-corrected chi connectivity index (χ1v) is 9.35. The maximum atomic E-state index is 5.89. The molecule has 0 radical (unpaired) electrons. The lowest BCUT2D eigenvalue weighted by Crippen LogP contribution is -2.31. The highest BCUT2D eigenvalue weighted by Gasteiger charge is 2.29. The van der Waals surface area contributed by atoms with E-state index in [0.29, 0.717) is 0 Å². The van der Waals surface area contributed by atoms with Gasteiger partial charge >= 0.3 is 0 Å². The average molecular weight is 371 g/mol. The summed E-state index contributed by atoms with van der Waals surface area (Å²) in [4.78, 5) is 10.7. The lowest BCUT2D eigenvalue weighted by molar-refractivity contribution is 0.286. The summed E-state index contributed by atoms with van der Waals surface area (Å²) >= 11 is 0. The van der Waals surface area contributed by atoms with Gasteiger partial charge in [-0.3, -0.25) is 0 Å². The van der Waals surface area contributed by atoms with Crippen LogP contribution in [0.2, 0.25) is 0 Å². The average Bonchev–Trinajstić information content (AvgIpc) is 3.20. The molecule has 5 heteroatoms. The van der Waals surface area contributed by atoms with E-state index in [9.17, 15) is 0 Å². The van der Waals surface area contributed by atoms with E-state index in [0.717, 1.165) is 40.9 Å². The van der Waals surface area contributed by atoms with Crippen LogP contribution < -0.4 is 4.74 Å². The van der Waals surface area contributed by atoms with Crippen LogP contribution in [0, 0.1) is 0 Å². The van der Waals surface area contributed by atoms with Gasteiger partial charge in [0.1, 0.15) is 17.7 Å². The summed E-state index contributed by atoms with van der Waals surface area (Å²) in [6.45, 7) is 1.80. The molecule has 0 bridgehead atoms. The number of hydrogen-bond acceptors (Lipinski definition) is 5. The number of ether oxygens (including phenoxy) is 1. The van der Waals surface area contributed by atoms with Crippen LogP contribution in [0.15, 0.2) is 65.8 Å². The van der Waals surface area contributed by atoms with Crippen molar-refractivity contribution < 1.29 is 9.15 Å². The van der Waals surface area contributed by atoms with Crippen molar-refractivity contribution in [1.82, 2.24) is 14.9 Å². The molecule has 3 heterocycles. The molecule has 0 spiro atoms. The lowest BCUT2D eigenvalue weighted by atomic mass is 9.83. The fraction of sp³-hybridized carbons (Fsp3) is 0.217. The van der Waals surface area contributed by atoms with Gasteiger partial charge in [-0.25, -0.2) is 9.97 Å². The summed E-state index contributed by atoms with van der Waals surface area (Å²) in [5.74, 6) is 1.17. The normalized spacial score (nSPS) is 16.9. The van der Waals surface area contributed by atoms with Crippen LogP contribution in [-0.4, -0.2) is 35.6 Å². The van der Waals surface area contributed by atoms with Gasteiger partial charge in [0.05, 0.1) is 13.4 Å². The van der Waals surface area contributed by atoms with Crippen LogP contribution in [0.25, 0.3) is 22.1 Å². The largest absolute Gasteiger partial charge is 0.496 e. The monoisotopic (exact) mass is 371 g/mol. The molecule has 0 aliphatic carbocycles. The number of nitrogens with zero attached hydrogens (tertiary/aromatic N) is 3. The number of likely N-dealkylation sites (N-methyl/N-ethyl adjacent to an activating group) is 1. The minimum atomic E-state index is 0.262. The maximum absolute atomic E-state index is 5.89. The van der Waals surface area contributed by atoms with E-state index in [2.05, 4.69) is 52.2 Å². The summed E-state index contributed by atoms with van der Waals surface area (Å²) in [7, 11) is 3.89. The summed E-state index contributed by atoms with van der Waals surface area (Å²) < 4.78 is 11.5. The molecule has 4 aromatic rings. The zero-order chi connectivity index (χ0) is 19.1. The highest BCUT2D eigenvalue weighted by atomic mass is 16.5. The van der Waals surface area contributed by atoms with Gasteiger partial charge in [0.15, 0.2) is 0 Å². The Morgan fingerprint density at radius 3 is 2.79 bits per heavy atom. The predicted octanol–water partition coefficient (Wildman–Crippen LogP) is 4.48. The molecule has 140 valence electrons. The van der Waals surface area contributed by atoms with Crippen LogP contribution in [0.3, 0.4) is 0 Å². The van der Waals surface area contributed by atoms with E-state index in [-0.39, 0.29) is 5.92 Å². The van der Waals surface area contributed by atoms with Gasteiger partial charge < -0.3 is 14.1 Å². The zero-order valence-electron chi connectivity index (χ0n) is 15.9. The van der Waals surface area contributed by atoms with Gasteiger partial charge in [0.25, 0.3) is 0 Å². The Morgan fingerprint density at radius 1 is 1.11 bits per heavy atom. The Kier molecular flexibility index (Phi) is 4.10. The number of rotatable bonds is 3. The van der Waals surface area contributed by atoms with Crippen LogP contribution in [0.4, 0.5) is 0 Å². The Morgan fingerprint density at radius 2 is 1.96 bits per heavy atom. The van der Waals surface area contributed by atoms with Crippen molar-refractivity contribution in [1.29, 1.82) is 0 Å². The molecule has 28 heavy (non-hydrogen) atoms. The molecule has 0 saturated heterocycles. The second-order valence-electron chi connectivity index (χ2n) is 7.31. The zero-order valence-corrected chi connectivity index (χ0v) is 15.9. The predicted molar refractivity (Wildman–Crippen MR) is 108 cm³/mol. The molecule has 5 rings (SSSR count). The Bertz CT molecular complexity index is 1140. The minimum absolute atomic E-state index is 0.262. The number of benzene rings is 2. The molecule has 2 aromatic heterocycles. The van der Waals surface area contributed by atoms with E-state index < -0.39 is 0 Å². The second-order valence-corrected chi connectivity index (χ2v) is 7.31. The Balaban J connectivity index is 1.66. The van der Waals surface area contributed by atoms with Crippen molar-refractivity contribution in [2.45, 2.75) is 12.5 Å². The fourth-order valence-corrected chi connectivity index (χ4v) is 4.25. The molecule has 1 aliphatic rings.